The van der Waals surface area contributed by atoms with Crippen LogP contribution < -0.4 is 10.6 Å². The molecule has 0 aliphatic heterocycles. The third-order valence-corrected chi connectivity index (χ3v) is 7.12. The molecule has 1 fully saturated rings. The third kappa shape index (κ3) is 4.89. The van der Waals surface area contributed by atoms with Crippen molar-refractivity contribution < 1.29 is 29.0 Å². The molecule has 4 rings (SSSR count). The molecule has 8 nitrogen and oxygen atoms in total. The fraction of sp³-hybridized carbons (Fsp3) is 0.444. The first kappa shape index (κ1) is 24.7. The first-order valence-electron chi connectivity index (χ1n) is 12.0. The zero-order valence-electron chi connectivity index (χ0n) is 20.1. The summed E-state index contributed by atoms with van der Waals surface area (Å²) >= 11 is 0. The van der Waals surface area contributed by atoms with Crippen LogP contribution in [0.5, 0.6) is 0 Å². The van der Waals surface area contributed by atoms with Gasteiger partial charge in [0.05, 0.1) is 6.61 Å². The van der Waals surface area contributed by atoms with Crippen LogP contribution in [0.1, 0.15) is 56.1 Å². The number of ether oxygens (including phenoxy) is 2. The smallest absolute Gasteiger partial charge is 0.408 e. The predicted molar refractivity (Wildman–Crippen MR) is 130 cm³/mol. The van der Waals surface area contributed by atoms with Gasteiger partial charge in [-0.2, -0.15) is 0 Å². The fourth-order valence-corrected chi connectivity index (χ4v) is 5.20. The van der Waals surface area contributed by atoms with Gasteiger partial charge in [0.1, 0.15) is 12.1 Å². The molecule has 0 spiro atoms. The Hall–Kier alpha value is -3.39. The summed E-state index contributed by atoms with van der Waals surface area (Å²) in [4.78, 5) is 38.1. The standard InChI is InChI=1S/C27H32N2O6/c1-26(17-34-2,24(31)32)28-23(30)27(14-8-3-9-15-27)29-25(33)35-16-22-20-12-6-4-10-18(20)19-11-5-7-13-21(19)22/h4-7,10-13,22H,3,8-9,14-17H2,1-2H3,(H,28,30)(H,29,33)(H,31,32). The first-order valence-corrected chi connectivity index (χ1v) is 12.0. The number of hydrogen-bond acceptors (Lipinski definition) is 5. The zero-order valence-corrected chi connectivity index (χ0v) is 20.1. The number of carbonyl (C=O) groups is 3. The number of alkyl carbamates (subject to hydrolysis) is 1. The molecule has 35 heavy (non-hydrogen) atoms. The van der Waals surface area contributed by atoms with Crippen LogP contribution >= 0.6 is 0 Å². The molecule has 0 radical (unpaired) electrons. The van der Waals surface area contributed by atoms with Crippen LogP contribution in [0.15, 0.2) is 48.5 Å². The van der Waals surface area contributed by atoms with Gasteiger partial charge in [0.15, 0.2) is 5.54 Å². The summed E-state index contributed by atoms with van der Waals surface area (Å²) in [6.07, 6.45) is 2.55. The van der Waals surface area contributed by atoms with Crippen LogP contribution in [0.2, 0.25) is 0 Å². The van der Waals surface area contributed by atoms with Crippen molar-refractivity contribution in [3.63, 3.8) is 0 Å². The highest BCUT2D eigenvalue weighted by molar-refractivity contribution is 5.94. The Kier molecular flexibility index (Phi) is 7.12. The average molecular weight is 481 g/mol. The van der Waals surface area contributed by atoms with Crippen molar-refractivity contribution in [3.05, 3.63) is 59.7 Å². The lowest BCUT2D eigenvalue weighted by molar-refractivity contribution is -0.150. The van der Waals surface area contributed by atoms with E-state index in [4.69, 9.17) is 9.47 Å². The van der Waals surface area contributed by atoms with Gasteiger partial charge in [0, 0.05) is 13.0 Å². The number of methoxy groups -OCH3 is 1. The number of carboxylic acid groups (broad SMARTS) is 1. The van der Waals surface area contributed by atoms with E-state index in [-0.39, 0.29) is 19.1 Å². The number of aliphatic carboxylic acids is 1. The summed E-state index contributed by atoms with van der Waals surface area (Å²) in [6.45, 7) is 1.32. The van der Waals surface area contributed by atoms with Crippen molar-refractivity contribution in [3.8, 4) is 11.1 Å². The second-order valence-corrected chi connectivity index (χ2v) is 9.62. The average Bonchev–Trinajstić information content (AvgIpc) is 3.17. The van der Waals surface area contributed by atoms with E-state index in [9.17, 15) is 19.5 Å². The molecule has 0 aromatic heterocycles. The molecule has 1 atom stereocenters. The Morgan fingerprint density at radius 1 is 1.00 bits per heavy atom. The van der Waals surface area contributed by atoms with Crippen molar-refractivity contribution >= 4 is 18.0 Å². The fourth-order valence-electron chi connectivity index (χ4n) is 5.20. The highest BCUT2D eigenvalue weighted by Crippen LogP contribution is 2.44. The minimum atomic E-state index is -1.61. The summed E-state index contributed by atoms with van der Waals surface area (Å²) in [6, 6.07) is 16.1. The topological polar surface area (TPSA) is 114 Å². The number of carboxylic acids is 1. The van der Waals surface area contributed by atoms with Crippen molar-refractivity contribution in [2.45, 2.75) is 56.0 Å². The van der Waals surface area contributed by atoms with Crippen LogP contribution in [-0.2, 0) is 19.1 Å². The molecule has 0 heterocycles. The van der Waals surface area contributed by atoms with Gasteiger partial charge in [-0.05, 0) is 42.0 Å². The van der Waals surface area contributed by atoms with E-state index in [1.54, 1.807) is 0 Å². The zero-order chi connectivity index (χ0) is 25.1. The maximum absolute atomic E-state index is 13.3. The van der Waals surface area contributed by atoms with E-state index in [0.29, 0.717) is 12.8 Å². The van der Waals surface area contributed by atoms with Gasteiger partial charge < -0.3 is 25.2 Å². The first-order chi connectivity index (χ1) is 16.8. The van der Waals surface area contributed by atoms with Gasteiger partial charge in [-0.15, -0.1) is 0 Å². The summed E-state index contributed by atoms with van der Waals surface area (Å²) in [5, 5.41) is 15.0. The van der Waals surface area contributed by atoms with E-state index in [2.05, 4.69) is 22.8 Å². The monoisotopic (exact) mass is 480 g/mol. The van der Waals surface area contributed by atoms with Crippen molar-refractivity contribution in [1.29, 1.82) is 0 Å². The summed E-state index contributed by atoms with van der Waals surface area (Å²) < 4.78 is 10.7. The van der Waals surface area contributed by atoms with Crippen molar-refractivity contribution in [2.75, 3.05) is 20.3 Å². The highest BCUT2D eigenvalue weighted by atomic mass is 16.5. The van der Waals surface area contributed by atoms with Crippen LogP contribution in [0, 0.1) is 0 Å². The molecule has 0 bridgehead atoms. The van der Waals surface area contributed by atoms with Gasteiger partial charge >= 0.3 is 12.1 Å². The van der Waals surface area contributed by atoms with Crippen molar-refractivity contribution in [2.24, 2.45) is 0 Å². The number of hydrogen-bond donors (Lipinski definition) is 3. The predicted octanol–water partition coefficient (Wildman–Crippen LogP) is 3.83. The minimum absolute atomic E-state index is 0.0960. The van der Waals surface area contributed by atoms with E-state index in [1.807, 2.05) is 36.4 Å². The Morgan fingerprint density at radius 2 is 1.57 bits per heavy atom. The summed E-state index contributed by atoms with van der Waals surface area (Å²) in [5.41, 5.74) is 1.62. The van der Waals surface area contributed by atoms with Crippen molar-refractivity contribution in [1.82, 2.24) is 10.6 Å². The number of amides is 2. The second-order valence-electron chi connectivity index (χ2n) is 9.62. The molecule has 186 valence electrons. The Balaban J connectivity index is 1.48. The summed E-state index contributed by atoms with van der Waals surface area (Å²) in [7, 11) is 1.37. The molecule has 2 aromatic rings. The second kappa shape index (κ2) is 10.1. The molecule has 0 saturated heterocycles. The largest absolute Gasteiger partial charge is 0.479 e. The minimum Gasteiger partial charge on any atom is -0.479 e. The van der Waals surface area contributed by atoms with Crippen LogP contribution in [0.25, 0.3) is 11.1 Å². The Morgan fingerprint density at radius 3 is 2.11 bits per heavy atom. The van der Waals surface area contributed by atoms with Gasteiger partial charge in [0.25, 0.3) is 0 Å². The number of carbonyl (C=O) groups excluding carboxylic acids is 2. The van der Waals surface area contributed by atoms with Crippen LogP contribution in [-0.4, -0.2) is 54.5 Å². The number of nitrogens with one attached hydrogen (secondary N) is 2. The molecule has 1 saturated carbocycles. The SMILES string of the molecule is COCC(C)(NC(=O)C1(NC(=O)OCC2c3ccccc3-c3ccccc32)CCCCC1)C(=O)O. The van der Waals surface area contributed by atoms with E-state index < -0.39 is 29.0 Å². The van der Waals surface area contributed by atoms with Gasteiger partial charge in [-0.25, -0.2) is 9.59 Å². The van der Waals surface area contributed by atoms with E-state index in [1.165, 1.54) is 14.0 Å². The van der Waals surface area contributed by atoms with E-state index >= 15 is 0 Å². The lowest BCUT2D eigenvalue weighted by Crippen LogP contribution is -2.66. The number of benzene rings is 2. The van der Waals surface area contributed by atoms with Gasteiger partial charge in [-0.3, -0.25) is 4.79 Å². The maximum atomic E-state index is 13.3. The molecule has 2 aromatic carbocycles. The number of rotatable bonds is 8. The number of fused-ring (bicyclic) bond motifs is 3. The lowest BCUT2D eigenvalue weighted by atomic mass is 9.80. The Bertz CT molecular complexity index is 1060. The molecule has 2 aliphatic carbocycles. The third-order valence-electron chi connectivity index (χ3n) is 7.12. The molecule has 2 aliphatic rings. The quantitative estimate of drug-likeness (QED) is 0.529. The molecular formula is C27H32N2O6. The molecular weight excluding hydrogens is 448 g/mol. The van der Waals surface area contributed by atoms with Gasteiger partial charge in [0.2, 0.25) is 5.91 Å². The van der Waals surface area contributed by atoms with Crippen LogP contribution in [0.3, 0.4) is 0 Å². The highest BCUT2D eigenvalue weighted by Gasteiger charge is 2.46. The normalized spacial score (nSPS) is 18.0. The summed E-state index contributed by atoms with van der Waals surface area (Å²) in [5.74, 6) is -1.84. The molecule has 1 unspecified atom stereocenters. The molecule has 3 N–H and O–H groups in total. The lowest BCUT2D eigenvalue weighted by Gasteiger charge is -2.38. The molecule has 2 amide bonds. The van der Waals surface area contributed by atoms with Gasteiger partial charge in [-0.1, -0.05) is 67.8 Å². The Labute approximate surface area is 205 Å². The van der Waals surface area contributed by atoms with E-state index in [0.717, 1.165) is 41.5 Å². The van der Waals surface area contributed by atoms with Crippen LogP contribution in [0.4, 0.5) is 4.79 Å². The molecule has 8 heteroatoms. The maximum Gasteiger partial charge on any atom is 0.408 e.